The predicted molar refractivity (Wildman–Crippen MR) is 177 cm³/mol. The van der Waals surface area contributed by atoms with Crippen LogP contribution in [-0.2, 0) is 22.4 Å². The van der Waals surface area contributed by atoms with Crippen LogP contribution in [0.5, 0.6) is 5.75 Å². The van der Waals surface area contributed by atoms with Gasteiger partial charge < -0.3 is 35.2 Å². The lowest BCUT2D eigenvalue weighted by molar-refractivity contribution is -0.142. The van der Waals surface area contributed by atoms with E-state index in [9.17, 15) is 19.5 Å². The van der Waals surface area contributed by atoms with Gasteiger partial charge in [0.15, 0.2) is 6.10 Å². The zero-order chi connectivity index (χ0) is 32.2. The van der Waals surface area contributed by atoms with Crippen LogP contribution in [0.15, 0.2) is 36.4 Å². The van der Waals surface area contributed by atoms with Gasteiger partial charge in [-0.05, 0) is 112 Å². The summed E-state index contributed by atoms with van der Waals surface area (Å²) < 4.78 is 6.06. The first-order valence-electron chi connectivity index (χ1n) is 17.2. The number of ether oxygens (including phenoxy) is 1. The minimum atomic E-state index is -0.945. The monoisotopic (exact) mass is 631 g/mol. The molecule has 0 spiro atoms. The van der Waals surface area contributed by atoms with E-state index in [0.717, 1.165) is 60.3 Å². The van der Waals surface area contributed by atoms with Gasteiger partial charge in [0.2, 0.25) is 0 Å². The number of phenols is 1. The highest BCUT2D eigenvalue weighted by molar-refractivity contribution is 5.91. The summed E-state index contributed by atoms with van der Waals surface area (Å²) in [4.78, 5) is 46.1. The van der Waals surface area contributed by atoms with Crippen LogP contribution in [0.25, 0.3) is 0 Å². The van der Waals surface area contributed by atoms with E-state index in [1.54, 1.807) is 4.90 Å². The number of hydrogen-bond acceptors (Lipinski definition) is 6. The highest BCUT2D eigenvalue weighted by atomic mass is 16.6. The lowest BCUT2D eigenvalue weighted by Crippen LogP contribution is -2.52. The van der Waals surface area contributed by atoms with Crippen LogP contribution in [0.3, 0.4) is 0 Å². The van der Waals surface area contributed by atoms with Gasteiger partial charge in [-0.15, -0.1) is 0 Å². The van der Waals surface area contributed by atoms with Gasteiger partial charge in [-0.3, -0.25) is 4.79 Å². The number of benzene rings is 2. The summed E-state index contributed by atoms with van der Waals surface area (Å²) in [5, 5.41) is 16.8. The van der Waals surface area contributed by atoms with Crippen molar-refractivity contribution in [1.29, 1.82) is 0 Å². The average molecular weight is 632 g/mol. The highest BCUT2D eigenvalue weighted by Crippen LogP contribution is 2.32. The Kier molecular flexibility index (Phi) is 10.0. The van der Waals surface area contributed by atoms with Crippen molar-refractivity contribution in [1.82, 2.24) is 20.0 Å². The van der Waals surface area contributed by atoms with E-state index in [4.69, 9.17) is 4.74 Å². The van der Waals surface area contributed by atoms with Crippen molar-refractivity contribution in [3.63, 3.8) is 0 Å². The van der Waals surface area contributed by atoms with Crippen LogP contribution < -0.4 is 10.6 Å². The Morgan fingerprint density at radius 1 is 0.891 bits per heavy atom. The van der Waals surface area contributed by atoms with Crippen LogP contribution in [0.2, 0.25) is 0 Å². The van der Waals surface area contributed by atoms with Crippen LogP contribution in [-0.4, -0.2) is 95.8 Å². The summed E-state index contributed by atoms with van der Waals surface area (Å²) >= 11 is 0. The molecule has 10 nitrogen and oxygen atoms in total. The number of fused-ring (bicyclic) bond motifs is 1. The molecule has 2 aromatic carbocycles. The minimum Gasteiger partial charge on any atom is -0.507 e. The number of hydrogen-bond donors (Lipinski definition) is 3. The van der Waals surface area contributed by atoms with Crippen LogP contribution in [0.4, 0.5) is 15.3 Å². The normalized spacial score (nSPS) is 20.9. The van der Waals surface area contributed by atoms with E-state index in [-0.39, 0.29) is 30.2 Å². The number of aromatic hydroxyl groups is 1. The smallest absolute Gasteiger partial charge is 0.410 e. The molecule has 6 rings (SSSR count). The number of piperidine rings is 3. The number of anilines is 1. The molecule has 3 N–H and O–H groups in total. The first-order chi connectivity index (χ1) is 22.3. The van der Waals surface area contributed by atoms with E-state index in [0.29, 0.717) is 57.4 Å². The Morgan fingerprint density at radius 2 is 1.52 bits per heavy atom. The number of carbonyl (C=O) groups excluding carboxylic acids is 3. The van der Waals surface area contributed by atoms with Crippen molar-refractivity contribution in [3.8, 4) is 5.75 Å². The number of nitrogens with one attached hydrogen (secondary N) is 2. The predicted octanol–water partition coefficient (Wildman–Crippen LogP) is 4.85. The molecule has 4 aliphatic rings. The molecular formula is C36H49N5O5. The van der Waals surface area contributed by atoms with Crippen molar-refractivity contribution in [2.24, 2.45) is 11.8 Å². The van der Waals surface area contributed by atoms with Gasteiger partial charge in [-0.1, -0.05) is 30.3 Å². The summed E-state index contributed by atoms with van der Waals surface area (Å²) in [7, 11) is 0. The van der Waals surface area contributed by atoms with E-state index in [1.165, 1.54) is 12.8 Å². The molecule has 3 fully saturated rings. The summed E-state index contributed by atoms with van der Waals surface area (Å²) in [5.74, 6) is 1.45. The number of amides is 4. The van der Waals surface area contributed by atoms with Gasteiger partial charge in [0, 0.05) is 50.9 Å². The van der Waals surface area contributed by atoms with E-state index in [2.05, 4.69) is 10.6 Å². The second kappa shape index (κ2) is 14.3. The largest absolute Gasteiger partial charge is 0.507 e. The summed E-state index contributed by atoms with van der Waals surface area (Å²) in [5.41, 5.74) is 4.32. The fourth-order valence-electron chi connectivity index (χ4n) is 7.96. The molecule has 0 aliphatic carbocycles. The number of carbonyl (C=O) groups is 3. The molecule has 1 atom stereocenters. The molecule has 0 radical (unpaired) electrons. The molecule has 0 saturated carbocycles. The lowest BCUT2D eigenvalue weighted by Gasteiger charge is -2.39. The quantitative estimate of drug-likeness (QED) is 0.420. The van der Waals surface area contributed by atoms with Gasteiger partial charge in [-0.25, -0.2) is 9.59 Å². The fraction of sp³-hybridized carbons (Fsp3) is 0.583. The van der Waals surface area contributed by atoms with E-state index in [1.807, 2.05) is 60.0 Å². The number of urea groups is 1. The van der Waals surface area contributed by atoms with Crippen molar-refractivity contribution in [2.75, 3.05) is 51.1 Å². The first-order valence-corrected chi connectivity index (χ1v) is 17.2. The third-order valence-corrected chi connectivity index (χ3v) is 10.7. The van der Waals surface area contributed by atoms with Gasteiger partial charge >= 0.3 is 12.1 Å². The van der Waals surface area contributed by atoms with Gasteiger partial charge in [0.25, 0.3) is 5.91 Å². The third-order valence-electron chi connectivity index (χ3n) is 10.7. The molecule has 4 heterocycles. The standard InChI is InChI=1S/C36H49N5O5/c1-24-21-26(22-25(2)33(24)42)23-32(34(43)39-16-9-28(10-17-39)27-7-14-37-15-8-27)46-36(45)40-18-12-30(13-19-40)41-20-11-29-5-3-4-6-31(29)38-35(41)44/h3-6,21-22,27-28,30,32,37,42H,7-20,23H2,1-2H3,(H,38,44)/t32-/m1/s1. The first kappa shape index (κ1) is 32.2. The molecule has 10 heteroatoms. The molecule has 4 amide bonds. The number of rotatable bonds is 6. The van der Waals surface area contributed by atoms with Gasteiger partial charge in [0.1, 0.15) is 5.75 Å². The van der Waals surface area contributed by atoms with Crippen molar-refractivity contribution in [2.45, 2.75) is 77.4 Å². The Labute approximate surface area is 272 Å². The maximum atomic E-state index is 14.0. The van der Waals surface area contributed by atoms with Crippen molar-refractivity contribution < 1.29 is 24.2 Å². The minimum absolute atomic E-state index is 0.0278. The van der Waals surface area contributed by atoms with Crippen molar-refractivity contribution in [3.05, 3.63) is 58.7 Å². The average Bonchev–Trinajstić information content (AvgIpc) is 3.25. The second-order valence-electron chi connectivity index (χ2n) is 13.7. The van der Waals surface area contributed by atoms with Crippen LogP contribution in [0, 0.1) is 25.7 Å². The zero-order valence-electron chi connectivity index (χ0n) is 27.3. The van der Waals surface area contributed by atoms with Crippen LogP contribution in [0.1, 0.15) is 60.8 Å². The summed E-state index contributed by atoms with van der Waals surface area (Å²) in [6.07, 6.45) is 5.28. The highest BCUT2D eigenvalue weighted by Gasteiger charge is 2.36. The number of phenolic OH excluding ortho intramolecular Hbond substituents is 1. The molecule has 3 saturated heterocycles. The number of nitrogens with zero attached hydrogens (tertiary/aromatic N) is 3. The molecular weight excluding hydrogens is 582 g/mol. The topological polar surface area (TPSA) is 114 Å². The molecule has 0 aromatic heterocycles. The molecule has 4 aliphatic heterocycles. The fourth-order valence-corrected chi connectivity index (χ4v) is 7.96. The number of para-hydroxylation sites is 1. The lowest BCUT2D eigenvalue weighted by atomic mass is 9.79. The number of aryl methyl sites for hydroxylation is 2. The maximum absolute atomic E-state index is 14.0. The zero-order valence-corrected chi connectivity index (χ0v) is 27.3. The summed E-state index contributed by atoms with van der Waals surface area (Å²) in [6, 6.07) is 11.6. The third kappa shape index (κ3) is 7.27. The molecule has 248 valence electrons. The van der Waals surface area contributed by atoms with E-state index < -0.39 is 12.2 Å². The van der Waals surface area contributed by atoms with Crippen molar-refractivity contribution >= 4 is 23.7 Å². The molecule has 0 unspecified atom stereocenters. The van der Waals surface area contributed by atoms with Gasteiger partial charge in [-0.2, -0.15) is 0 Å². The summed E-state index contributed by atoms with van der Waals surface area (Å²) in [6.45, 7) is 8.74. The maximum Gasteiger partial charge on any atom is 0.410 e. The molecule has 2 aromatic rings. The van der Waals surface area contributed by atoms with Gasteiger partial charge in [0.05, 0.1) is 0 Å². The van der Waals surface area contributed by atoms with Crippen LogP contribution >= 0.6 is 0 Å². The second-order valence-corrected chi connectivity index (χ2v) is 13.7. The Morgan fingerprint density at radius 3 is 2.22 bits per heavy atom. The molecule has 0 bridgehead atoms. The van der Waals surface area contributed by atoms with E-state index >= 15 is 0 Å². The Bertz CT molecular complexity index is 1390. The Hall–Kier alpha value is -3.79. The SMILES string of the molecule is Cc1cc(C[C@@H](OC(=O)N2CCC(N3CCc4ccccc4NC3=O)CC2)C(=O)N2CCC(C3CCNCC3)CC2)cc(C)c1O. The molecule has 46 heavy (non-hydrogen) atoms. The number of likely N-dealkylation sites (tertiary alicyclic amines) is 2. The Balaban J connectivity index is 1.09.